The van der Waals surface area contributed by atoms with Crippen LogP contribution in [-0.4, -0.2) is 47.5 Å². The van der Waals surface area contributed by atoms with Crippen LogP contribution in [0, 0.1) is 11.3 Å². The van der Waals surface area contributed by atoms with E-state index in [0.29, 0.717) is 28.5 Å². The molecule has 0 aliphatic heterocycles. The van der Waals surface area contributed by atoms with Crippen molar-refractivity contribution in [1.29, 1.82) is 0 Å². The van der Waals surface area contributed by atoms with Gasteiger partial charge in [-0.2, -0.15) is 0 Å². The van der Waals surface area contributed by atoms with Crippen LogP contribution in [0.2, 0.25) is 10.0 Å². The zero-order valence-corrected chi connectivity index (χ0v) is 23.5. The molecule has 1 aromatic carbocycles. The lowest BCUT2D eigenvalue weighted by atomic mass is 9.91. The average molecular weight is 550 g/mol. The van der Waals surface area contributed by atoms with Crippen LogP contribution < -0.4 is 0 Å². The molecule has 1 unspecified atom stereocenters. The van der Waals surface area contributed by atoms with E-state index >= 15 is 0 Å². The van der Waals surface area contributed by atoms with Crippen LogP contribution in [0.15, 0.2) is 18.2 Å². The zero-order valence-electron chi connectivity index (χ0n) is 21.1. The van der Waals surface area contributed by atoms with E-state index < -0.39 is 37.7 Å². The number of nitrogens with zero attached hydrogens (tertiary/aromatic N) is 1. The molecular weight excluding hydrogens is 512 g/mol. The van der Waals surface area contributed by atoms with Crippen LogP contribution >= 0.6 is 30.6 Å². The minimum absolute atomic E-state index is 0.125. The molecular formula is C25H38Cl2NO6P. The molecule has 2 rings (SSSR count). The van der Waals surface area contributed by atoms with Gasteiger partial charge < -0.3 is 19.3 Å². The van der Waals surface area contributed by atoms with E-state index in [1.54, 1.807) is 39.0 Å². The van der Waals surface area contributed by atoms with Gasteiger partial charge in [0.25, 0.3) is 0 Å². The molecule has 0 aromatic heterocycles. The number of hydrogen-bond donors (Lipinski definition) is 1. The van der Waals surface area contributed by atoms with Gasteiger partial charge in [-0.1, -0.05) is 48.5 Å². The van der Waals surface area contributed by atoms with Crippen molar-refractivity contribution in [3.05, 3.63) is 33.8 Å². The van der Waals surface area contributed by atoms with Gasteiger partial charge >= 0.3 is 12.1 Å². The van der Waals surface area contributed by atoms with Gasteiger partial charge in [-0.15, -0.1) is 0 Å². The van der Waals surface area contributed by atoms with Gasteiger partial charge in [0.05, 0.1) is 21.5 Å². The van der Waals surface area contributed by atoms with Crippen LogP contribution in [0.1, 0.15) is 77.8 Å². The molecule has 1 saturated carbocycles. The highest BCUT2D eigenvalue weighted by Crippen LogP contribution is 2.46. The minimum atomic E-state index is -3.30. The maximum Gasteiger partial charge on any atom is 0.413 e. The fraction of sp³-hybridized carbons (Fsp3) is 0.680. The molecule has 2 atom stereocenters. The molecule has 1 aliphatic carbocycles. The van der Waals surface area contributed by atoms with Crippen molar-refractivity contribution < 1.29 is 28.5 Å². The van der Waals surface area contributed by atoms with E-state index in [4.69, 9.17) is 32.7 Å². The van der Waals surface area contributed by atoms with Gasteiger partial charge in [0, 0.05) is 18.9 Å². The van der Waals surface area contributed by atoms with Crippen molar-refractivity contribution in [3.63, 3.8) is 0 Å². The maximum absolute atomic E-state index is 12.9. The van der Waals surface area contributed by atoms with E-state index in [1.165, 1.54) is 11.3 Å². The molecule has 0 heterocycles. The molecule has 198 valence electrons. The molecule has 1 N–H and O–H groups in total. The second-order valence-corrected chi connectivity index (χ2v) is 13.7. The zero-order chi connectivity index (χ0) is 26.2. The van der Waals surface area contributed by atoms with Gasteiger partial charge in [-0.05, 0) is 70.6 Å². The second-order valence-electron chi connectivity index (χ2n) is 10.4. The summed E-state index contributed by atoms with van der Waals surface area (Å²) in [6, 6.07) is 4.64. The summed E-state index contributed by atoms with van der Waals surface area (Å²) in [7, 11) is -3.30. The third-order valence-corrected chi connectivity index (χ3v) is 9.13. The van der Waals surface area contributed by atoms with Crippen LogP contribution in [0.4, 0.5) is 4.79 Å². The van der Waals surface area contributed by atoms with Gasteiger partial charge in [0.15, 0.2) is 0 Å². The van der Waals surface area contributed by atoms with Crippen molar-refractivity contribution in [2.24, 2.45) is 11.3 Å². The molecule has 35 heavy (non-hydrogen) atoms. The smallest absolute Gasteiger partial charge is 0.413 e. The monoisotopic (exact) mass is 549 g/mol. The Morgan fingerprint density at radius 1 is 1.14 bits per heavy atom. The average Bonchev–Trinajstić information content (AvgIpc) is 2.77. The van der Waals surface area contributed by atoms with Gasteiger partial charge in [-0.3, -0.25) is 9.36 Å². The van der Waals surface area contributed by atoms with E-state index in [-0.39, 0.29) is 12.7 Å². The summed E-state index contributed by atoms with van der Waals surface area (Å²) in [5.74, 6) is -0.188. The predicted octanol–water partition coefficient (Wildman–Crippen LogP) is 7.28. The number of hydrogen-bond acceptors (Lipinski definition) is 5. The summed E-state index contributed by atoms with van der Waals surface area (Å²) in [6.07, 6.45) is 5.55. The summed E-state index contributed by atoms with van der Waals surface area (Å²) in [6.45, 7) is 6.61. The summed E-state index contributed by atoms with van der Waals surface area (Å²) < 4.78 is 23.1. The lowest BCUT2D eigenvalue weighted by Gasteiger charge is -2.30. The third kappa shape index (κ3) is 9.95. The molecule has 0 saturated heterocycles. The molecule has 0 bridgehead atoms. The highest BCUT2D eigenvalue weighted by atomic mass is 35.5. The van der Waals surface area contributed by atoms with Crippen molar-refractivity contribution in [2.75, 3.05) is 25.7 Å². The molecule has 1 amide bonds. The number of benzene rings is 1. The number of carbonyl (C=O) groups is 2. The summed E-state index contributed by atoms with van der Waals surface area (Å²) >= 11 is 12.2. The minimum Gasteiger partial charge on any atom is -0.427 e. The van der Waals surface area contributed by atoms with E-state index in [2.05, 4.69) is 0 Å². The number of ether oxygens (including phenoxy) is 2. The molecule has 0 radical (unpaired) electrons. The Morgan fingerprint density at radius 3 is 2.40 bits per heavy atom. The third-order valence-electron chi connectivity index (χ3n) is 6.29. The quantitative estimate of drug-likeness (QED) is 0.187. The lowest BCUT2D eigenvalue weighted by Crippen LogP contribution is -2.36. The van der Waals surface area contributed by atoms with Crippen LogP contribution in [0.3, 0.4) is 0 Å². The number of esters is 1. The molecule has 10 heteroatoms. The molecule has 0 spiro atoms. The normalized spacial score (nSPS) is 17.3. The van der Waals surface area contributed by atoms with Crippen molar-refractivity contribution in [1.82, 2.24) is 4.90 Å². The van der Waals surface area contributed by atoms with Crippen molar-refractivity contribution >= 4 is 42.6 Å². The molecule has 1 aromatic rings. The van der Waals surface area contributed by atoms with Crippen LogP contribution in [0.5, 0.6) is 0 Å². The largest absolute Gasteiger partial charge is 0.427 e. The molecule has 1 aliphatic rings. The fourth-order valence-corrected chi connectivity index (χ4v) is 6.48. The first-order chi connectivity index (χ1) is 16.3. The Kier molecular flexibility index (Phi) is 11.4. The Balaban J connectivity index is 2.04. The standard InChI is InChI=1S/C25H38Cl2NO6P/c1-18(20-11-12-21(26)22(27)15-20)28(24(30)34-17-33-23(29)25(2,3)4)13-8-14-35(31,32)16-19-9-6-5-7-10-19/h11-12,15,18-19H,5-10,13-14,16-17H2,1-4H3,(H,31,32)/t18-/m1/s1. The number of rotatable bonds is 10. The Labute approximate surface area is 218 Å². The summed E-state index contributed by atoms with van der Waals surface area (Å²) in [4.78, 5) is 36.9. The van der Waals surface area contributed by atoms with Gasteiger partial charge in [-0.25, -0.2) is 4.79 Å². The first-order valence-corrected chi connectivity index (χ1v) is 14.9. The van der Waals surface area contributed by atoms with Crippen LogP contribution in [-0.2, 0) is 18.8 Å². The predicted molar refractivity (Wildman–Crippen MR) is 139 cm³/mol. The van der Waals surface area contributed by atoms with Crippen molar-refractivity contribution in [3.8, 4) is 0 Å². The van der Waals surface area contributed by atoms with Gasteiger partial charge in [0.1, 0.15) is 0 Å². The Hall–Kier alpha value is -1.27. The fourth-order valence-electron chi connectivity index (χ4n) is 4.18. The van der Waals surface area contributed by atoms with Crippen LogP contribution in [0.25, 0.3) is 0 Å². The van der Waals surface area contributed by atoms with E-state index in [1.807, 2.05) is 6.92 Å². The van der Waals surface area contributed by atoms with E-state index in [0.717, 1.165) is 31.2 Å². The Bertz CT molecular complexity index is 914. The highest BCUT2D eigenvalue weighted by molar-refractivity contribution is 7.58. The number of amides is 1. The maximum atomic E-state index is 12.9. The SMILES string of the molecule is C[C@H](c1ccc(Cl)c(Cl)c1)N(CCCP(=O)(O)CC1CCCCC1)C(=O)OCOC(=O)C(C)(C)C. The van der Waals surface area contributed by atoms with Crippen molar-refractivity contribution in [2.45, 2.75) is 72.3 Å². The topological polar surface area (TPSA) is 93.1 Å². The molecule has 7 nitrogen and oxygen atoms in total. The number of halogens is 2. The highest BCUT2D eigenvalue weighted by Gasteiger charge is 2.29. The summed E-state index contributed by atoms with van der Waals surface area (Å²) in [5, 5.41) is 0.755. The van der Waals surface area contributed by atoms with Gasteiger partial charge in [0.2, 0.25) is 14.2 Å². The lowest BCUT2D eigenvalue weighted by molar-refractivity contribution is -0.162. The first kappa shape index (κ1) is 30.0. The number of carbonyl (C=O) groups excluding carboxylic acids is 2. The molecule has 1 fully saturated rings. The Morgan fingerprint density at radius 2 is 1.80 bits per heavy atom. The first-order valence-electron chi connectivity index (χ1n) is 12.2. The summed E-state index contributed by atoms with van der Waals surface area (Å²) in [5.41, 5.74) is 0.0116. The van der Waals surface area contributed by atoms with E-state index in [9.17, 15) is 19.0 Å². The second kappa shape index (κ2) is 13.3.